The summed E-state index contributed by atoms with van der Waals surface area (Å²) in [5, 5.41) is 3.49. The molecule has 0 saturated carbocycles. The van der Waals surface area contributed by atoms with E-state index in [0.717, 1.165) is 35.6 Å². The van der Waals surface area contributed by atoms with Crippen molar-refractivity contribution in [2.24, 2.45) is 0 Å². The second-order valence-corrected chi connectivity index (χ2v) is 6.98. The highest BCUT2D eigenvalue weighted by Crippen LogP contribution is 2.38. The molecule has 1 saturated heterocycles. The number of fused-ring (bicyclic) bond motifs is 1. The lowest BCUT2D eigenvalue weighted by Gasteiger charge is -2.27. The van der Waals surface area contributed by atoms with Crippen LogP contribution in [0.3, 0.4) is 0 Å². The zero-order chi connectivity index (χ0) is 16.7. The average Bonchev–Trinajstić information content (AvgIpc) is 3.08. The molecule has 2 nitrogen and oxygen atoms in total. The molecular formula is C21H23FN2. The van der Waals surface area contributed by atoms with E-state index >= 15 is 0 Å². The average molecular weight is 322 g/mol. The Morgan fingerprint density at radius 1 is 1.08 bits per heavy atom. The van der Waals surface area contributed by atoms with Crippen LogP contribution in [-0.4, -0.2) is 13.1 Å². The van der Waals surface area contributed by atoms with E-state index < -0.39 is 0 Å². The molecule has 4 rings (SSSR count). The molecule has 124 valence electrons. The summed E-state index contributed by atoms with van der Waals surface area (Å²) in [6.45, 7) is 6.45. The van der Waals surface area contributed by atoms with Crippen LogP contribution in [0.25, 0.3) is 5.70 Å². The number of aryl methyl sites for hydroxylation is 1. The number of rotatable bonds is 2. The van der Waals surface area contributed by atoms with Crippen molar-refractivity contribution in [3.63, 3.8) is 0 Å². The minimum absolute atomic E-state index is 0.185. The molecule has 2 heterocycles. The molecular weight excluding hydrogens is 299 g/mol. The summed E-state index contributed by atoms with van der Waals surface area (Å²) in [6.07, 6.45) is 4.77. The van der Waals surface area contributed by atoms with Crippen LogP contribution in [0, 0.1) is 12.7 Å². The predicted octanol–water partition coefficient (Wildman–Crippen LogP) is 5.30. The summed E-state index contributed by atoms with van der Waals surface area (Å²) in [7, 11) is 0. The van der Waals surface area contributed by atoms with Gasteiger partial charge in [0.25, 0.3) is 0 Å². The maximum Gasteiger partial charge on any atom is 0.124 e. The van der Waals surface area contributed by atoms with E-state index in [1.807, 2.05) is 13.0 Å². The fourth-order valence-corrected chi connectivity index (χ4v) is 3.80. The van der Waals surface area contributed by atoms with Gasteiger partial charge in [-0.2, -0.15) is 0 Å². The lowest BCUT2D eigenvalue weighted by atomic mass is 9.92. The van der Waals surface area contributed by atoms with Gasteiger partial charge in [0.2, 0.25) is 0 Å². The molecule has 0 bridgehead atoms. The quantitative estimate of drug-likeness (QED) is 0.806. The number of nitrogens with one attached hydrogen (secondary N) is 1. The van der Waals surface area contributed by atoms with E-state index in [9.17, 15) is 4.39 Å². The van der Waals surface area contributed by atoms with Gasteiger partial charge in [-0.05, 0) is 67.3 Å². The molecule has 0 aromatic heterocycles. The van der Waals surface area contributed by atoms with Crippen LogP contribution in [0.1, 0.15) is 42.4 Å². The summed E-state index contributed by atoms with van der Waals surface area (Å²) in [6, 6.07) is 11.9. The summed E-state index contributed by atoms with van der Waals surface area (Å²) < 4.78 is 13.7. The maximum absolute atomic E-state index is 13.7. The van der Waals surface area contributed by atoms with Crippen molar-refractivity contribution in [3.8, 4) is 0 Å². The molecule has 1 atom stereocenters. The van der Waals surface area contributed by atoms with E-state index in [1.54, 1.807) is 12.1 Å². The number of nitrogens with zero attached hydrogens (tertiary/aromatic N) is 1. The number of halogens is 1. The monoisotopic (exact) mass is 322 g/mol. The van der Waals surface area contributed by atoms with Crippen LogP contribution in [0.5, 0.6) is 0 Å². The second kappa shape index (κ2) is 5.97. The van der Waals surface area contributed by atoms with Gasteiger partial charge in [-0.1, -0.05) is 13.0 Å². The van der Waals surface area contributed by atoms with Crippen molar-refractivity contribution in [2.45, 2.75) is 32.6 Å². The first kappa shape index (κ1) is 15.3. The van der Waals surface area contributed by atoms with Gasteiger partial charge in [0.1, 0.15) is 5.82 Å². The third kappa shape index (κ3) is 2.79. The number of benzene rings is 2. The molecule has 3 heteroatoms. The molecule has 0 spiro atoms. The minimum Gasteiger partial charge on any atom is -0.372 e. The summed E-state index contributed by atoms with van der Waals surface area (Å²) >= 11 is 0. The van der Waals surface area contributed by atoms with E-state index in [2.05, 4.69) is 41.4 Å². The van der Waals surface area contributed by atoms with E-state index in [1.165, 1.54) is 24.1 Å². The van der Waals surface area contributed by atoms with E-state index in [4.69, 9.17) is 0 Å². The SMILES string of the molecule is Cc1cc(F)cc(C2=CC(C)c3cc(N4CCCC4)ccc3N2)c1. The third-order valence-corrected chi connectivity index (χ3v) is 5.04. The number of allylic oxidation sites excluding steroid dienone is 1. The first-order valence-electron chi connectivity index (χ1n) is 8.75. The Bertz CT molecular complexity index is 783. The Kier molecular flexibility index (Phi) is 3.79. The molecule has 2 aromatic carbocycles. The fourth-order valence-electron chi connectivity index (χ4n) is 3.80. The van der Waals surface area contributed by atoms with Crippen molar-refractivity contribution in [2.75, 3.05) is 23.3 Å². The summed E-state index contributed by atoms with van der Waals surface area (Å²) in [5.41, 5.74) is 6.61. The van der Waals surface area contributed by atoms with E-state index in [0.29, 0.717) is 5.92 Å². The van der Waals surface area contributed by atoms with Crippen molar-refractivity contribution in [1.82, 2.24) is 0 Å². The van der Waals surface area contributed by atoms with Gasteiger partial charge in [0.15, 0.2) is 0 Å². The fraction of sp³-hybridized carbons (Fsp3) is 0.333. The molecule has 24 heavy (non-hydrogen) atoms. The van der Waals surface area contributed by atoms with Crippen LogP contribution >= 0.6 is 0 Å². The highest BCUT2D eigenvalue weighted by atomic mass is 19.1. The zero-order valence-electron chi connectivity index (χ0n) is 14.3. The van der Waals surface area contributed by atoms with Crippen LogP contribution in [0.2, 0.25) is 0 Å². The topological polar surface area (TPSA) is 15.3 Å². The number of hydrogen-bond donors (Lipinski definition) is 1. The van der Waals surface area contributed by atoms with Crippen molar-refractivity contribution in [1.29, 1.82) is 0 Å². The van der Waals surface area contributed by atoms with Gasteiger partial charge in [0.05, 0.1) is 0 Å². The van der Waals surface area contributed by atoms with Crippen molar-refractivity contribution < 1.29 is 4.39 Å². The molecule has 2 aliphatic heterocycles. The van der Waals surface area contributed by atoms with Crippen LogP contribution in [-0.2, 0) is 0 Å². The molecule has 1 N–H and O–H groups in total. The van der Waals surface area contributed by atoms with Crippen LogP contribution in [0.15, 0.2) is 42.5 Å². The van der Waals surface area contributed by atoms with Gasteiger partial charge < -0.3 is 10.2 Å². The first-order chi connectivity index (χ1) is 11.6. The first-order valence-corrected chi connectivity index (χ1v) is 8.75. The van der Waals surface area contributed by atoms with E-state index in [-0.39, 0.29) is 5.82 Å². The number of anilines is 2. The molecule has 1 unspecified atom stereocenters. The van der Waals surface area contributed by atoms with Crippen molar-refractivity contribution >= 4 is 17.1 Å². The summed E-state index contributed by atoms with van der Waals surface area (Å²) in [4.78, 5) is 2.46. The van der Waals surface area contributed by atoms with Gasteiger partial charge in [-0.3, -0.25) is 0 Å². The Balaban J connectivity index is 1.67. The molecule has 0 radical (unpaired) electrons. The van der Waals surface area contributed by atoms with Gasteiger partial charge in [-0.15, -0.1) is 0 Å². The molecule has 2 aliphatic rings. The lowest BCUT2D eigenvalue weighted by molar-refractivity contribution is 0.626. The molecule has 0 aliphatic carbocycles. The normalized spacial score (nSPS) is 19.7. The van der Waals surface area contributed by atoms with Crippen LogP contribution < -0.4 is 10.2 Å². The highest BCUT2D eigenvalue weighted by Gasteiger charge is 2.20. The third-order valence-electron chi connectivity index (χ3n) is 5.04. The smallest absolute Gasteiger partial charge is 0.124 e. The van der Waals surface area contributed by atoms with Crippen LogP contribution in [0.4, 0.5) is 15.8 Å². The molecule has 0 amide bonds. The standard InChI is InChI=1S/C21H23FN2/c1-14-9-16(12-17(22)10-14)21-11-15(2)19-13-18(5-6-20(19)23-21)24-7-3-4-8-24/h5-6,9-13,15,23H,3-4,7-8H2,1-2H3. The lowest BCUT2D eigenvalue weighted by Crippen LogP contribution is -2.18. The molecule has 2 aromatic rings. The highest BCUT2D eigenvalue weighted by molar-refractivity contribution is 5.83. The van der Waals surface area contributed by atoms with Gasteiger partial charge in [0, 0.05) is 41.6 Å². The van der Waals surface area contributed by atoms with Crippen molar-refractivity contribution in [3.05, 3.63) is 65.0 Å². The predicted molar refractivity (Wildman–Crippen MR) is 99.0 cm³/mol. The number of hydrogen-bond acceptors (Lipinski definition) is 2. The largest absolute Gasteiger partial charge is 0.372 e. The Morgan fingerprint density at radius 2 is 1.88 bits per heavy atom. The molecule has 1 fully saturated rings. The maximum atomic E-state index is 13.7. The summed E-state index contributed by atoms with van der Waals surface area (Å²) in [5.74, 6) is 0.123. The second-order valence-electron chi connectivity index (χ2n) is 6.98. The zero-order valence-corrected chi connectivity index (χ0v) is 14.3. The Hall–Kier alpha value is -2.29. The van der Waals surface area contributed by atoms with Gasteiger partial charge in [-0.25, -0.2) is 4.39 Å². The Labute approximate surface area is 143 Å². The Morgan fingerprint density at radius 3 is 2.62 bits per heavy atom. The van der Waals surface area contributed by atoms with Gasteiger partial charge >= 0.3 is 0 Å². The minimum atomic E-state index is -0.185.